The number of benzene rings is 1. The molecule has 2 aliphatic rings. The zero-order valence-corrected chi connectivity index (χ0v) is 15.7. The summed E-state index contributed by atoms with van der Waals surface area (Å²) in [5.74, 6) is 5.75. The molecule has 0 amide bonds. The quantitative estimate of drug-likeness (QED) is 0.432. The molecule has 0 spiro atoms. The highest BCUT2D eigenvalue weighted by Gasteiger charge is 2.48. The van der Waals surface area contributed by atoms with E-state index in [0.29, 0.717) is 34.1 Å². The number of aliphatic hydroxyl groups is 3. The molecule has 28 heavy (non-hydrogen) atoms. The molecule has 1 aromatic carbocycles. The van der Waals surface area contributed by atoms with E-state index in [1.165, 1.54) is 4.68 Å². The van der Waals surface area contributed by atoms with Gasteiger partial charge in [-0.2, -0.15) is 10.2 Å². The second kappa shape index (κ2) is 7.26. The Morgan fingerprint density at radius 2 is 2.00 bits per heavy atom. The Kier molecular flexibility index (Phi) is 4.94. The first kappa shape index (κ1) is 19.0. The number of aryl methyl sites for hydroxylation is 1. The number of fused-ring (bicyclic) bond motifs is 1. The molecule has 148 valence electrons. The molecule has 0 saturated carbocycles. The molecule has 2 aromatic rings. The van der Waals surface area contributed by atoms with E-state index >= 15 is 0 Å². The topological polar surface area (TPSA) is 138 Å². The molecule has 9 nitrogen and oxygen atoms in total. The van der Waals surface area contributed by atoms with Crippen LogP contribution in [0.1, 0.15) is 34.8 Å². The molecule has 3 heterocycles. The number of nitrogens with zero attached hydrogens (tertiary/aromatic N) is 4. The van der Waals surface area contributed by atoms with Crippen LogP contribution in [0.2, 0.25) is 5.02 Å². The molecule has 10 heteroatoms. The van der Waals surface area contributed by atoms with Gasteiger partial charge in [-0.05, 0) is 24.6 Å². The van der Waals surface area contributed by atoms with Crippen molar-refractivity contribution < 1.29 is 20.1 Å². The van der Waals surface area contributed by atoms with Gasteiger partial charge in [-0.15, -0.1) is 0 Å². The summed E-state index contributed by atoms with van der Waals surface area (Å²) in [5, 5.41) is 40.4. The van der Waals surface area contributed by atoms with Crippen molar-refractivity contribution in [2.45, 2.75) is 44.0 Å². The molecule has 5 N–H and O–H groups in total. The minimum absolute atomic E-state index is 0.343. The number of hydrogen-bond acceptors (Lipinski definition) is 7. The van der Waals surface area contributed by atoms with E-state index in [0.717, 1.165) is 5.69 Å². The lowest BCUT2D eigenvalue weighted by Gasteiger charge is -2.21. The number of nitrogens with two attached hydrogens (primary N) is 1. The molecule has 0 unspecified atom stereocenters. The van der Waals surface area contributed by atoms with Crippen LogP contribution in [0.25, 0.3) is 0 Å². The van der Waals surface area contributed by atoms with Gasteiger partial charge in [0, 0.05) is 17.7 Å². The normalized spacial score (nSPS) is 29.2. The van der Waals surface area contributed by atoms with E-state index in [1.807, 2.05) is 0 Å². The summed E-state index contributed by atoms with van der Waals surface area (Å²) >= 11 is 5.88. The minimum Gasteiger partial charge on any atom is -0.387 e. The lowest BCUT2D eigenvalue weighted by molar-refractivity contribution is -0.0904. The van der Waals surface area contributed by atoms with Crippen LogP contribution in [-0.2, 0) is 11.2 Å². The van der Waals surface area contributed by atoms with Crippen LogP contribution in [0.3, 0.4) is 0 Å². The third kappa shape index (κ3) is 3.01. The van der Waals surface area contributed by atoms with E-state index in [-0.39, 0.29) is 0 Å². The maximum Gasteiger partial charge on any atom is 0.182 e. The largest absolute Gasteiger partial charge is 0.387 e. The molecule has 1 fully saturated rings. The van der Waals surface area contributed by atoms with Gasteiger partial charge in [0.2, 0.25) is 0 Å². The highest BCUT2D eigenvalue weighted by atomic mass is 35.5. The first-order chi connectivity index (χ1) is 13.4. The van der Waals surface area contributed by atoms with Crippen LogP contribution >= 0.6 is 11.6 Å². The zero-order chi connectivity index (χ0) is 20.0. The Balaban J connectivity index is 1.65. The number of hydrogen-bond donors (Lipinski definition) is 4. The fraction of sp³-hybridized carbons (Fsp3) is 0.389. The van der Waals surface area contributed by atoms with Crippen molar-refractivity contribution in [1.29, 1.82) is 0 Å². The monoisotopic (exact) mass is 405 g/mol. The molecular weight excluding hydrogens is 386 g/mol. The average Bonchev–Trinajstić information content (AvgIpc) is 3.19. The summed E-state index contributed by atoms with van der Waals surface area (Å²) in [7, 11) is 0. The highest BCUT2D eigenvalue weighted by Crippen LogP contribution is 2.37. The van der Waals surface area contributed by atoms with Crippen LogP contribution in [0.5, 0.6) is 0 Å². The van der Waals surface area contributed by atoms with Gasteiger partial charge < -0.3 is 25.9 Å². The molecule has 2 aliphatic heterocycles. The Hall–Kier alpha value is -2.30. The van der Waals surface area contributed by atoms with Crippen LogP contribution in [-0.4, -0.2) is 55.5 Å². The van der Waals surface area contributed by atoms with Crippen LogP contribution in [0.4, 0.5) is 0 Å². The van der Waals surface area contributed by atoms with Crippen molar-refractivity contribution in [3.63, 3.8) is 0 Å². The maximum atomic E-state index is 10.7. The number of amidine groups is 1. The van der Waals surface area contributed by atoms with E-state index < -0.39 is 30.6 Å². The summed E-state index contributed by atoms with van der Waals surface area (Å²) in [6, 6.07) is 6.55. The number of halogens is 1. The van der Waals surface area contributed by atoms with E-state index in [4.69, 9.17) is 22.2 Å². The molecule has 1 aromatic heterocycles. The van der Waals surface area contributed by atoms with Crippen molar-refractivity contribution in [3.05, 3.63) is 51.8 Å². The Bertz CT molecular complexity index is 942. The fourth-order valence-corrected chi connectivity index (χ4v) is 3.80. The van der Waals surface area contributed by atoms with Crippen LogP contribution in [0.15, 0.2) is 34.4 Å². The van der Waals surface area contributed by atoms with Crippen molar-refractivity contribution in [2.75, 3.05) is 0 Å². The number of aliphatic hydroxyl groups excluding tert-OH is 3. The fourth-order valence-electron chi connectivity index (χ4n) is 3.67. The summed E-state index contributed by atoms with van der Waals surface area (Å²) in [6.07, 6.45) is -3.67. The second-order valence-corrected chi connectivity index (χ2v) is 7.23. The van der Waals surface area contributed by atoms with Crippen molar-refractivity contribution in [2.24, 2.45) is 15.9 Å². The van der Waals surface area contributed by atoms with Crippen molar-refractivity contribution in [3.8, 4) is 0 Å². The van der Waals surface area contributed by atoms with Crippen LogP contribution in [0, 0.1) is 6.92 Å². The predicted octanol–water partition coefficient (Wildman–Crippen LogP) is 0.445. The van der Waals surface area contributed by atoms with Gasteiger partial charge in [-0.1, -0.05) is 23.7 Å². The third-order valence-electron chi connectivity index (χ3n) is 5.07. The zero-order valence-electron chi connectivity index (χ0n) is 15.0. The Labute approximate surface area is 165 Å². The van der Waals surface area contributed by atoms with Crippen molar-refractivity contribution in [1.82, 2.24) is 9.78 Å². The first-order valence-electron chi connectivity index (χ1n) is 8.76. The number of aliphatic imine (C=N–C) groups is 1. The molecular formula is C18H20ClN5O4. The molecule has 0 aliphatic carbocycles. The SMILES string of the molecule is Cc1nn([C@@H]2O[C@H]([C@H](O)c3ccc(Cl)cc3)[C@@H](O)[C@H]2O)c2c1/C(=N\N)N=CC2. The van der Waals surface area contributed by atoms with Gasteiger partial charge in [0.15, 0.2) is 12.1 Å². The lowest BCUT2D eigenvalue weighted by atomic mass is 9.99. The third-order valence-corrected chi connectivity index (χ3v) is 5.32. The molecule has 1 saturated heterocycles. The van der Waals surface area contributed by atoms with Gasteiger partial charge in [-0.3, -0.25) is 0 Å². The number of ether oxygens (including phenoxy) is 1. The number of hydrazone groups is 1. The van der Waals surface area contributed by atoms with E-state index in [1.54, 1.807) is 37.4 Å². The second-order valence-electron chi connectivity index (χ2n) is 6.79. The Morgan fingerprint density at radius 3 is 2.68 bits per heavy atom. The minimum atomic E-state index is -1.31. The smallest absolute Gasteiger partial charge is 0.182 e. The molecule has 0 radical (unpaired) electrons. The number of rotatable bonds is 3. The van der Waals surface area contributed by atoms with E-state index in [9.17, 15) is 15.3 Å². The molecule has 5 atom stereocenters. The van der Waals surface area contributed by atoms with E-state index in [2.05, 4.69) is 15.2 Å². The van der Waals surface area contributed by atoms with Gasteiger partial charge >= 0.3 is 0 Å². The summed E-state index contributed by atoms with van der Waals surface area (Å²) in [6.45, 7) is 1.78. The first-order valence-corrected chi connectivity index (χ1v) is 9.14. The standard InChI is InChI=1S/C18H20ClN5O4/c1-8-12-11(6-7-21-17(12)22-20)24(23-8)18-15(27)14(26)16(28-18)13(25)9-2-4-10(19)5-3-9/h2-5,7,13-16,18,25-27H,6,20H2,1H3/b22-17+/t13-,14+,15-,16-,18-/m1/s1. The summed E-state index contributed by atoms with van der Waals surface area (Å²) in [5.41, 5.74) is 2.54. The Morgan fingerprint density at radius 1 is 1.29 bits per heavy atom. The van der Waals surface area contributed by atoms with Gasteiger partial charge in [0.05, 0.1) is 17.0 Å². The summed E-state index contributed by atoms with van der Waals surface area (Å²) in [4.78, 5) is 4.16. The van der Waals surface area contributed by atoms with Gasteiger partial charge in [0.1, 0.15) is 24.4 Å². The predicted molar refractivity (Wildman–Crippen MR) is 102 cm³/mol. The number of aromatic nitrogens is 2. The lowest BCUT2D eigenvalue weighted by Crippen LogP contribution is -2.35. The van der Waals surface area contributed by atoms with Gasteiger partial charge in [-0.25, -0.2) is 9.67 Å². The van der Waals surface area contributed by atoms with Crippen molar-refractivity contribution >= 4 is 23.7 Å². The maximum absolute atomic E-state index is 10.7. The van der Waals surface area contributed by atoms with Crippen LogP contribution < -0.4 is 5.84 Å². The molecule has 0 bridgehead atoms. The molecule has 4 rings (SSSR count). The van der Waals surface area contributed by atoms with Gasteiger partial charge in [0.25, 0.3) is 0 Å². The highest BCUT2D eigenvalue weighted by molar-refractivity contribution is 6.30. The summed E-state index contributed by atoms with van der Waals surface area (Å²) < 4.78 is 7.37. The average molecular weight is 406 g/mol.